The Labute approximate surface area is 113 Å². The second-order valence-corrected chi connectivity index (χ2v) is 4.38. The largest absolute Gasteiger partial charge is 0.439 e. The quantitative estimate of drug-likeness (QED) is 0.889. The minimum Gasteiger partial charge on any atom is -0.439 e. The number of nitrogens with zero attached hydrogens (tertiary/aromatic N) is 2. The molecule has 0 saturated heterocycles. The van der Waals surface area contributed by atoms with Gasteiger partial charge in [-0.15, -0.1) is 0 Å². The first-order valence-corrected chi connectivity index (χ1v) is 6.51. The van der Waals surface area contributed by atoms with Crippen LogP contribution in [0.25, 0.3) is 0 Å². The van der Waals surface area contributed by atoms with Gasteiger partial charge < -0.3 is 10.1 Å². The Morgan fingerprint density at radius 3 is 2.53 bits per heavy atom. The van der Waals surface area contributed by atoms with Crippen molar-refractivity contribution in [1.82, 2.24) is 9.97 Å². The van der Waals surface area contributed by atoms with Crippen molar-refractivity contribution in [3.05, 3.63) is 41.7 Å². The smallest absolute Gasteiger partial charge is 0.224 e. The van der Waals surface area contributed by atoms with Gasteiger partial charge in [-0.25, -0.2) is 4.98 Å². The van der Waals surface area contributed by atoms with Gasteiger partial charge in [-0.2, -0.15) is 4.98 Å². The number of hydrogen-bond donors (Lipinski definition) is 1. The molecule has 1 aromatic carbocycles. The Kier molecular flexibility index (Phi) is 4.34. The average molecular weight is 257 g/mol. The maximum Gasteiger partial charge on any atom is 0.224 e. The molecule has 0 aliphatic carbocycles. The van der Waals surface area contributed by atoms with E-state index in [4.69, 9.17) is 4.74 Å². The highest BCUT2D eigenvalue weighted by Crippen LogP contribution is 2.22. The highest BCUT2D eigenvalue weighted by Gasteiger charge is 2.03. The normalized spacial score (nSPS) is 10.3. The number of aryl methyl sites for hydroxylation is 2. The van der Waals surface area contributed by atoms with Crippen LogP contribution in [0.5, 0.6) is 11.6 Å². The second kappa shape index (κ2) is 6.18. The van der Waals surface area contributed by atoms with Crippen LogP contribution in [0.3, 0.4) is 0 Å². The molecule has 0 saturated carbocycles. The molecule has 2 aromatic rings. The molecule has 0 spiro atoms. The van der Waals surface area contributed by atoms with E-state index in [1.807, 2.05) is 26.1 Å². The number of aromatic nitrogens is 2. The predicted molar refractivity (Wildman–Crippen MR) is 76.8 cm³/mol. The minimum absolute atomic E-state index is 0.556. The number of benzene rings is 1. The highest BCUT2D eigenvalue weighted by molar-refractivity contribution is 5.39. The third kappa shape index (κ3) is 3.68. The van der Waals surface area contributed by atoms with Crippen molar-refractivity contribution in [2.24, 2.45) is 0 Å². The maximum absolute atomic E-state index is 5.74. The zero-order valence-electron chi connectivity index (χ0n) is 11.6. The lowest BCUT2D eigenvalue weighted by Gasteiger charge is -2.08. The van der Waals surface area contributed by atoms with Crippen molar-refractivity contribution in [3.8, 4) is 11.6 Å². The van der Waals surface area contributed by atoms with Crippen LogP contribution < -0.4 is 10.1 Å². The van der Waals surface area contributed by atoms with Gasteiger partial charge in [0.2, 0.25) is 5.88 Å². The van der Waals surface area contributed by atoms with E-state index >= 15 is 0 Å². The fraction of sp³-hybridized carbons (Fsp3) is 0.333. The highest BCUT2D eigenvalue weighted by atomic mass is 16.5. The van der Waals surface area contributed by atoms with Crippen LogP contribution in [0.2, 0.25) is 0 Å². The third-order valence-corrected chi connectivity index (χ3v) is 2.76. The van der Waals surface area contributed by atoms with Crippen molar-refractivity contribution in [3.63, 3.8) is 0 Å². The lowest BCUT2D eigenvalue weighted by atomic mass is 10.1. The number of nitrogens with one attached hydrogen (secondary N) is 1. The van der Waals surface area contributed by atoms with Crippen LogP contribution in [0.15, 0.2) is 30.3 Å². The van der Waals surface area contributed by atoms with Crippen LogP contribution in [-0.4, -0.2) is 17.0 Å². The summed E-state index contributed by atoms with van der Waals surface area (Å²) in [7, 11) is 1.82. The number of hydrogen-bond acceptors (Lipinski definition) is 4. The summed E-state index contributed by atoms with van der Waals surface area (Å²) < 4.78 is 5.74. The molecule has 0 atom stereocenters. The summed E-state index contributed by atoms with van der Waals surface area (Å²) in [4.78, 5) is 8.49. The van der Waals surface area contributed by atoms with E-state index in [2.05, 4.69) is 34.3 Å². The molecule has 0 amide bonds. The molecule has 4 nitrogen and oxygen atoms in total. The summed E-state index contributed by atoms with van der Waals surface area (Å²) in [5, 5.41) is 2.99. The van der Waals surface area contributed by atoms with Gasteiger partial charge in [-0.1, -0.05) is 25.5 Å². The SMILES string of the molecule is CCCc1ccc(Oc2cc(NC)nc(C)n2)cc1. The van der Waals surface area contributed by atoms with Crippen LogP contribution in [-0.2, 0) is 6.42 Å². The second-order valence-electron chi connectivity index (χ2n) is 4.38. The van der Waals surface area contributed by atoms with Crippen molar-refractivity contribution in [1.29, 1.82) is 0 Å². The summed E-state index contributed by atoms with van der Waals surface area (Å²) in [6, 6.07) is 9.91. The molecule has 4 heteroatoms. The van der Waals surface area contributed by atoms with Gasteiger partial charge in [0.15, 0.2) is 0 Å². The van der Waals surface area contributed by atoms with Crippen molar-refractivity contribution in [2.75, 3.05) is 12.4 Å². The van der Waals surface area contributed by atoms with Crippen LogP contribution >= 0.6 is 0 Å². The monoisotopic (exact) mass is 257 g/mol. The molecule has 1 heterocycles. The topological polar surface area (TPSA) is 47.0 Å². The third-order valence-electron chi connectivity index (χ3n) is 2.76. The minimum atomic E-state index is 0.556. The maximum atomic E-state index is 5.74. The zero-order valence-corrected chi connectivity index (χ0v) is 11.6. The van der Waals surface area contributed by atoms with Gasteiger partial charge in [-0.05, 0) is 31.0 Å². The molecular weight excluding hydrogens is 238 g/mol. The van der Waals surface area contributed by atoms with Crippen LogP contribution in [0.4, 0.5) is 5.82 Å². The summed E-state index contributed by atoms with van der Waals surface area (Å²) >= 11 is 0. The molecule has 0 fully saturated rings. The van der Waals surface area contributed by atoms with Crippen LogP contribution in [0.1, 0.15) is 24.7 Å². The Morgan fingerprint density at radius 1 is 1.16 bits per heavy atom. The Hall–Kier alpha value is -2.10. The van der Waals surface area contributed by atoms with Crippen molar-refractivity contribution >= 4 is 5.82 Å². The first-order chi connectivity index (χ1) is 9.21. The van der Waals surface area contributed by atoms with Crippen molar-refractivity contribution < 1.29 is 4.74 Å². The van der Waals surface area contributed by atoms with Gasteiger partial charge in [0.1, 0.15) is 17.4 Å². The standard InChI is InChI=1S/C15H19N3O/c1-4-5-12-6-8-13(9-7-12)19-15-10-14(16-3)17-11(2)18-15/h6-10H,4-5H2,1-3H3,(H,16,17,18). The van der Waals surface area contributed by atoms with E-state index < -0.39 is 0 Å². The summed E-state index contributed by atoms with van der Waals surface area (Å²) in [6.45, 7) is 4.02. The van der Waals surface area contributed by atoms with Crippen molar-refractivity contribution in [2.45, 2.75) is 26.7 Å². The molecule has 1 aromatic heterocycles. The van der Waals surface area contributed by atoms with E-state index in [9.17, 15) is 0 Å². The molecule has 1 N–H and O–H groups in total. The zero-order chi connectivity index (χ0) is 13.7. The Bertz CT molecular complexity index is 538. The lowest BCUT2D eigenvalue weighted by molar-refractivity contribution is 0.460. The van der Waals surface area contributed by atoms with Gasteiger partial charge in [0.05, 0.1) is 0 Å². The van der Waals surface area contributed by atoms with Gasteiger partial charge in [0.25, 0.3) is 0 Å². The average Bonchev–Trinajstić information content (AvgIpc) is 2.40. The molecule has 0 aliphatic heterocycles. The molecule has 2 rings (SSSR count). The van der Waals surface area contributed by atoms with E-state index in [1.54, 1.807) is 6.07 Å². The molecule has 0 unspecified atom stereocenters. The fourth-order valence-corrected chi connectivity index (χ4v) is 1.85. The van der Waals surface area contributed by atoms with Crippen LogP contribution in [0, 0.1) is 6.92 Å². The summed E-state index contributed by atoms with van der Waals surface area (Å²) in [5.41, 5.74) is 1.32. The molecule has 0 radical (unpaired) electrons. The Morgan fingerprint density at radius 2 is 1.89 bits per heavy atom. The van der Waals surface area contributed by atoms with E-state index in [1.165, 1.54) is 5.56 Å². The Balaban J connectivity index is 2.14. The van der Waals surface area contributed by atoms with E-state index in [-0.39, 0.29) is 0 Å². The van der Waals surface area contributed by atoms with Gasteiger partial charge in [0, 0.05) is 13.1 Å². The first kappa shape index (κ1) is 13.3. The van der Waals surface area contributed by atoms with Gasteiger partial charge >= 0.3 is 0 Å². The van der Waals surface area contributed by atoms with E-state index in [0.717, 1.165) is 24.4 Å². The molecule has 0 bridgehead atoms. The van der Waals surface area contributed by atoms with Gasteiger partial charge in [-0.3, -0.25) is 0 Å². The summed E-state index contributed by atoms with van der Waals surface area (Å²) in [5.74, 6) is 2.79. The molecule has 100 valence electrons. The first-order valence-electron chi connectivity index (χ1n) is 6.51. The van der Waals surface area contributed by atoms with E-state index in [0.29, 0.717) is 11.7 Å². The molecule has 19 heavy (non-hydrogen) atoms. The molecule has 0 aliphatic rings. The number of anilines is 1. The number of ether oxygens (including phenoxy) is 1. The fourth-order valence-electron chi connectivity index (χ4n) is 1.85. The summed E-state index contributed by atoms with van der Waals surface area (Å²) in [6.07, 6.45) is 2.24. The molecular formula is C15H19N3O. The lowest BCUT2D eigenvalue weighted by Crippen LogP contribution is -1.98. The number of rotatable bonds is 5. The predicted octanol–water partition coefficient (Wildman–Crippen LogP) is 3.57.